The smallest absolute Gasteiger partial charge is 0.0408 e. The summed E-state index contributed by atoms with van der Waals surface area (Å²) >= 11 is 6.04. The van der Waals surface area contributed by atoms with Gasteiger partial charge in [0, 0.05) is 17.1 Å². The Morgan fingerprint density at radius 3 is 2.61 bits per heavy atom. The Bertz CT molecular complexity index is 382. The van der Waals surface area contributed by atoms with Crippen LogP contribution in [0.3, 0.4) is 0 Å². The maximum absolute atomic E-state index is 6.04. The second-order valence-corrected chi connectivity index (χ2v) is 6.28. The molecule has 0 aromatic heterocycles. The van der Waals surface area contributed by atoms with Crippen molar-refractivity contribution in [2.24, 2.45) is 5.92 Å². The van der Waals surface area contributed by atoms with Gasteiger partial charge < -0.3 is 5.32 Å². The average Bonchev–Trinajstić information content (AvgIpc) is 2.27. The van der Waals surface area contributed by atoms with Crippen LogP contribution in [0.4, 0.5) is 0 Å². The third kappa shape index (κ3) is 3.27. The van der Waals surface area contributed by atoms with E-state index in [-0.39, 0.29) is 0 Å². The van der Waals surface area contributed by atoms with E-state index in [4.69, 9.17) is 11.6 Å². The minimum atomic E-state index is 0.662. The van der Waals surface area contributed by atoms with E-state index < -0.39 is 0 Å². The molecule has 0 aliphatic heterocycles. The third-order valence-electron chi connectivity index (χ3n) is 4.15. The van der Waals surface area contributed by atoms with Gasteiger partial charge in [-0.25, -0.2) is 0 Å². The first-order valence-electron chi connectivity index (χ1n) is 7.11. The lowest BCUT2D eigenvalue weighted by Gasteiger charge is -2.39. The zero-order chi connectivity index (χ0) is 13.1. The third-order valence-corrected chi connectivity index (χ3v) is 4.39. The molecule has 2 rings (SSSR count). The summed E-state index contributed by atoms with van der Waals surface area (Å²) in [4.78, 5) is 0. The lowest BCUT2D eigenvalue weighted by atomic mass is 9.75. The molecule has 1 N–H and O–H groups in total. The van der Waals surface area contributed by atoms with E-state index >= 15 is 0 Å². The maximum Gasteiger partial charge on any atom is 0.0408 e. The highest BCUT2D eigenvalue weighted by Gasteiger charge is 2.31. The number of nitrogens with one attached hydrogen (secondary N) is 1. The van der Waals surface area contributed by atoms with Crippen LogP contribution in [-0.2, 0) is 0 Å². The second-order valence-electron chi connectivity index (χ2n) is 5.85. The Hall–Kier alpha value is -0.530. The molecular formula is C16H24ClN. The van der Waals surface area contributed by atoms with Crippen molar-refractivity contribution in [1.29, 1.82) is 0 Å². The summed E-state index contributed by atoms with van der Waals surface area (Å²) in [6.07, 6.45) is 3.73. The highest BCUT2D eigenvalue weighted by molar-refractivity contribution is 6.30. The van der Waals surface area contributed by atoms with Crippen molar-refractivity contribution in [2.75, 3.05) is 0 Å². The first-order chi connectivity index (χ1) is 8.60. The largest absolute Gasteiger partial charge is 0.311 e. The van der Waals surface area contributed by atoms with Crippen molar-refractivity contribution in [2.45, 2.75) is 58.0 Å². The van der Waals surface area contributed by atoms with Gasteiger partial charge in [-0.3, -0.25) is 0 Å². The Labute approximate surface area is 116 Å². The first-order valence-corrected chi connectivity index (χ1v) is 7.49. The van der Waals surface area contributed by atoms with Crippen LogP contribution in [0.15, 0.2) is 24.3 Å². The molecule has 0 saturated heterocycles. The number of hydrogen-bond acceptors (Lipinski definition) is 1. The number of hydrogen-bond donors (Lipinski definition) is 1. The highest BCUT2D eigenvalue weighted by Crippen LogP contribution is 2.38. The van der Waals surface area contributed by atoms with E-state index in [2.05, 4.69) is 44.3 Å². The molecule has 1 aromatic rings. The molecule has 1 nitrogen and oxygen atoms in total. The van der Waals surface area contributed by atoms with Crippen LogP contribution in [0.1, 0.15) is 51.5 Å². The lowest BCUT2D eigenvalue weighted by Crippen LogP contribution is -2.47. The molecular weight excluding hydrogens is 242 g/mol. The Morgan fingerprint density at radius 2 is 2.06 bits per heavy atom. The molecule has 1 aliphatic carbocycles. The van der Waals surface area contributed by atoms with Crippen molar-refractivity contribution in [3.8, 4) is 0 Å². The summed E-state index contributed by atoms with van der Waals surface area (Å²) in [7, 11) is 0. The van der Waals surface area contributed by atoms with E-state index in [9.17, 15) is 0 Å². The van der Waals surface area contributed by atoms with Crippen molar-refractivity contribution >= 4 is 11.6 Å². The van der Waals surface area contributed by atoms with Gasteiger partial charge in [-0.15, -0.1) is 0 Å². The zero-order valence-electron chi connectivity index (χ0n) is 11.6. The predicted octanol–water partition coefficient (Wildman–Crippen LogP) is 4.61. The summed E-state index contributed by atoms with van der Waals surface area (Å²) in [6.45, 7) is 6.87. The van der Waals surface area contributed by atoms with Crippen molar-refractivity contribution < 1.29 is 0 Å². The van der Waals surface area contributed by atoms with Crippen LogP contribution >= 0.6 is 11.6 Å². The fourth-order valence-corrected chi connectivity index (χ4v) is 3.07. The Kier molecular flexibility index (Phi) is 4.69. The van der Waals surface area contributed by atoms with Crippen molar-refractivity contribution in [1.82, 2.24) is 5.32 Å². The fourth-order valence-electron chi connectivity index (χ4n) is 2.87. The van der Waals surface area contributed by atoms with E-state index in [1.807, 2.05) is 6.07 Å². The maximum atomic E-state index is 6.04. The average molecular weight is 266 g/mol. The minimum Gasteiger partial charge on any atom is -0.311 e. The van der Waals surface area contributed by atoms with E-state index in [1.165, 1.54) is 24.8 Å². The van der Waals surface area contributed by atoms with E-state index in [0.717, 1.165) is 10.9 Å². The summed E-state index contributed by atoms with van der Waals surface area (Å²) in [5.74, 6) is 1.42. The van der Waals surface area contributed by atoms with Gasteiger partial charge in [-0.05, 0) is 48.8 Å². The molecule has 100 valence electrons. The first kappa shape index (κ1) is 13.9. The Morgan fingerprint density at radius 1 is 1.33 bits per heavy atom. The lowest BCUT2D eigenvalue weighted by molar-refractivity contribution is 0.237. The molecule has 2 heteroatoms. The van der Waals surface area contributed by atoms with Gasteiger partial charge in [0.15, 0.2) is 0 Å². The van der Waals surface area contributed by atoms with Crippen LogP contribution in [0.2, 0.25) is 5.02 Å². The molecule has 1 aromatic carbocycles. The van der Waals surface area contributed by atoms with Gasteiger partial charge in [0.05, 0.1) is 0 Å². The molecule has 1 fully saturated rings. The fraction of sp³-hybridized carbons (Fsp3) is 0.625. The van der Waals surface area contributed by atoms with Gasteiger partial charge in [0.25, 0.3) is 0 Å². The van der Waals surface area contributed by atoms with E-state index in [0.29, 0.717) is 18.0 Å². The molecule has 0 heterocycles. The summed E-state index contributed by atoms with van der Waals surface area (Å²) in [6, 6.07) is 9.68. The van der Waals surface area contributed by atoms with Gasteiger partial charge in [-0.2, -0.15) is 0 Å². The normalized spacial score (nSPS) is 24.9. The second kappa shape index (κ2) is 6.08. The van der Waals surface area contributed by atoms with Crippen molar-refractivity contribution in [3.63, 3.8) is 0 Å². The van der Waals surface area contributed by atoms with Gasteiger partial charge >= 0.3 is 0 Å². The predicted molar refractivity (Wildman–Crippen MR) is 79.3 cm³/mol. The van der Waals surface area contributed by atoms with Crippen LogP contribution in [0.25, 0.3) is 0 Å². The van der Waals surface area contributed by atoms with Gasteiger partial charge in [0.1, 0.15) is 0 Å². The SMILES string of the molecule is CCC(NC1CC(c2cccc(Cl)c2)C1)C(C)C. The molecule has 18 heavy (non-hydrogen) atoms. The quantitative estimate of drug-likeness (QED) is 0.820. The summed E-state index contributed by atoms with van der Waals surface area (Å²) in [5.41, 5.74) is 1.40. The van der Waals surface area contributed by atoms with Crippen LogP contribution in [0.5, 0.6) is 0 Å². The van der Waals surface area contributed by atoms with Gasteiger partial charge in [-0.1, -0.05) is 44.5 Å². The standard InChI is InChI=1S/C16H24ClN/c1-4-16(11(2)3)18-15-9-13(10-15)12-6-5-7-14(17)8-12/h5-8,11,13,15-16,18H,4,9-10H2,1-3H3. The summed E-state index contributed by atoms with van der Waals surface area (Å²) < 4.78 is 0. The molecule has 0 amide bonds. The highest BCUT2D eigenvalue weighted by atomic mass is 35.5. The molecule has 0 bridgehead atoms. The molecule has 0 spiro atoms. The Balaban J connectivity index is 1.83. The van der Waals surface area contributed by atoms with Crippen LogP contribution < -0.4 is 5.32 Å². The summed E-state index contributed by atoms with van der Waals surface area (Å²) in [5, 5.41) is 4.64. The molecule has 1 atom stereocenters. The number of halogens is 1. The molecule has 1 unspecified atom stereocenters. The number of rotatable bonds is 5. The van der Waals surface area contributed by atoms with Crippen molar-refractivity contribution in [3.05, 3.63) is 34.9 Å². The monoisotopic (exact) mass is 265 g/mol. The number of benzene rings is 1. The van der Waals surface area contributed by atoms with Crippen LogP contribution in [0, 0.1) is 5.92 Å². The molecule has 1 aliphatic rings. The topological polar surface area (TPSA) is 12.0 Å². The molecule has 0 radical (unpaired) electrons. The van der Waals surface area contributed by atoms with E-state index in [1.54, 1.807) is 0 Å². The van der Waals surface area contributed by atoms with Crippen LogP contribution in [-0.4, -0.2) is 12.1 Å². The van der Waals surface area contributed by atoms with Gasteiger partial charge in [0.2, 0.25) is 0 Å². The molecule has 1 saturated carbocycles. The zero-order valence-corrected chi connectivity index (χ0v) is 12.4. The minimum absolute atomic E-state index is 0.662.